The quantitative estimate of drug-likeness (QED) is 0.393. The highest BCUT2D eigenvalue weighted by Gasteiger charge is 2.26. The van der Waals surface area contributed by atoms with Crippen LogP contribution in [0.5, 0.6) is 11.5 Å². The number of anilines is 1. The SMILES string of the molecule is Cc1cccc(OCCN2C(=O)COc3ccc(-c4nc(-c5ccccn5)sc4C)cc32)c1. The molecule has 0 bridgehead atoms. The average molecular weight is 458 g/mol. The molecule has 2 aromatic carbocycles. The first kappa shape index (κ1) is 21.2. The highest BCUT2D eigenvalue weighted by atomic mass is 32.1. The van der Waals surface area contributed by atoms with Crippen LogP contribution in [0.1, 0.15) is 10.4 Å². The van der Waals surface area contributed by atoms with Crippen molar-refractivity contribution >= 4 is 22.9 Å². The van der Waals surface area contributed by atoms with Gasteiger partial charge >= 0.3 is 0 Å². The number of hydrogen-bond donors (Lipinski definition) is 0. The second kappa shape index (κ2) is 9.03. The Morgan fingerprint density at radius 3 is 2.82 bits per heavy atom. The number of carbonyl (C=O) groups excluding carboxylic acids is 1. The van der Waals surface area contributed by atoms with Gasteiger partial charge in [-0.05, 0) is 61.9 Å². The summed E-state index contributed by atoms with van der Waals surface area (Å²) in [6.07, 6.45) is 1.77. The molecular weight excluding hydrogens is 434 g/mol. The van der Waals surface area contributed by atoms with Crippen molar-refractivity contribution in [2.24, 2.45) is 0 Å². The van der Waals surface area contributed by atoms with Crippen LogP contribution in [-0.4, -0.2) is 35.6 Å². The van der Waals surface area contributed by atoms with Crippen LogP contribution in [0.25, 0.3) is 22.0 Å². The van der Waals surface area contributed by atoms with E-state index in [1.165, 1.54) is 0 Å². The molecule has 0 fully saturated rings. The van der Waals surface area contributed by atoms with Gasteiger partial charge in [0.05, 0.1) is 23.6 Å². The van der Waals surface area contributed by atoms with Crippen molar-refractivity contribution in [2.75, 3.05) is 24.7 Å². The van der Waals surface area contributed by atoms with Crippen molar-refractivity contribution in [1.82, 2.24) is 9.97 Å². The van der Waals surface area contributed by atoms with Crippen LogP contribution >= 0.6 is 11.3 Å². The number of rotatable bonds is 6. The fourth-order valence-electron chi connectivity index (χ4n) is 3.82. The Balaban J connectivity index is 1.40. The average Bonchev–Trinajstić information content (AvgIpc) is 3.22. The molecule has 166 valence electrons. The van der Waals surface area contributed by atoms with Crippen molar-refractivity contribution in [3.8, 4) is 33.5 Å². The number of nitrogens with zero attached hydrogens (tertiary/aromatic N) is 3. The molecule has 0 saturated heterocycles. The van der Waals surface area contributed by atoms with Gasteiger partial charge in [-0.3, -0.25) is 9.78 Å². The van der Waals surface area contributed by atoms with Crippen LogP contribution in [0.3, 0.4) is 0 Å². The molecule has 7 heteroatoms. The van der Waals surface area contributed by atoms with Crippen molar-refractivity contribution in [1.29, 1.82) is 0 Å². The lowest BCUT2D eigenvalue weighted by atomic mass is 10.1. The van der Waals surface area contributed by atoms with Gasteiger partial charge < -0.3 is 14.4 Å². The first-order valence-electron chi connectivity index (χ1n) is 10.7. The Kier molecular flexibility index (Phi) is 5.79. The maximum absolute atomic E-state index is 12.7. The number of thiazole rings is 1. The van der Waals surface area contributed by atoms with E-state index in [-0.39, 0.29) is 12.5 Å². The molecule has 0 radical (unpaired) electrons. The Labute approximate surface area is 196 Å². The number of carbonyl (C=O) groups is 1. The normalized spacial score (nSPS) is 12.9. The van der Waals surface area contributed by atoms with Crippen molar-refractivity contribution in [2.45, 2.75) is 13.8 Å². The summed E-state index contributed by atoms with van der Waals surface area (Å²) in [4.78, 5) is 24.8. The molecule has 1 aliphatic rings. The molecule has 6 nitrogen and oxygen atoms in total. The molecule has 0 spiro atoms. The molecule has 1 amide bonds. The van der Waals surface area contributed by atoms with Crippen molar-refractivity contribution in [3.05, 3.63) is 77.3 Å². The largest absolute Gasteiger partial charge is 0.492 e. The maximum Gasteiger partial charge on any atom is 0.265 e. The number of aryl methyl sites for hydroxylation is 2. The lowest BCUT2D eigenvalue weighted by Gasteiger charge is -2.29. The van der Waals surface area contributed by atoms with E-state index in [0.29, 0.717) is 18.9 Å². The van der Waals surface area contributed by atoms with Crippen LogP contribution in [0.4, 0.5) is 5.69 Å². The van der Waals surface area contributed by atoms with E-state index in [4.69, 9.17) is 14.5 Å². The molecule has 0 N–H and O–H groups in total. The highest BCUT2D eigenvalue weighted by Crippen LogP contribution is 2.38. The zero-order valence-electron chi connectivity index (χ0n) is 18.4. The fourth-order valence-corrected chi connectivity index (χ4v) is 4.73. The van der Waals surface area contributed by atoms with Gasteiger partial charge in [0, 0.05) is 16.6 Å². The minimum atomic E-state index is -0.0864. The first-order valence-corrected chi connectivity index (χ1v) is 11.6. The van der Waals surface area contributed by atoms with E-state index in [1.807, 2.05) is 74.5 Å². The summed E-state index contributed by atoms with van der Waals surface area (Å²) in [7, 11) is 0. The summed E-state index contributed by atoms with van der Waals surface area (Å²) >= 11 is 1.61. The topological polar surface area (TPSA) is 64.5 Å². The Morgan fingerprint density at radius 2 is 2.00 bits per heavy atom. The van der Waals surface area contributed by atoms with E-state index >= 15 is 0 Å². The van der Waals surface area contributed by atoms with Gasteiger partial charge in [-0.25, -0.2) is 4.98 Å². The van der Waals surface area contributed by atoms with Gasteiger partial charge in [0.1, 0.15) is 23.1 Å². The number of fused-ring (bicyclic) bond motifs is 1. The second-order valence-corrected chi connectivity index (χ2v) is 9.02. The monoisotopic (exact) mass is 457 g/mol. The minimum absolute atomic E-state index is 0.0242. The maximum atomic E-state index is 12.7. The predicted octanol–water partition coefficient (Wildman–Crippen LogP) is 5.29. The van der Waals surface area contributed by atoms with Crippen molar-refractivity contribution < 1.29 is 14.3 Å². The predicted molar refractivity (Wildman–Crippen MR) is 130 cm³/mol. The third-order valence-electron chi connectivity index (χ3n) is 5.43. The highest BCUT2D eigenvalue weighted by molar-refractivity contribution is 7.15. The van der Waals surface area contributed by atoms with Crippen LogP contribution in [0, 0.1) is 13.8 Å². The number of pyridine rings is 1. The number of hydrogen-bond acceptors (Lipinski definition) is 6. The van der Waals surface area contributed by atoms with Crippen molar-refractivity contribution in [3.63, 3.8) is 0 Å². The number of amides is 1. The molecule has 5 rings (SSSR count). The molecule has 2 aromatic heterocycles. The lowest BCUT2D eigenvalue weighted by Crippen LogP contribution is -2.41. The van der Waals surface area contributed by atoms with Crippen LogP contribution in [-0.2, 0) is 4.79 Å². The Hall–Kier alpha value is -3.71. The summed E-state index contributed by atoms with van der Waals surface area (Å²) in [5.41, 5.74) is 4.55. The molecule has 0 atom stereocenters. The van der Waals surface area contributed by atoms with Gasteiger partial charge in [-0.1, -0.05) is 18.2 Å². The van der Waals surface area contributed by atoms with Gasteiger partial charge in [0.2, 0.25) is 0 Å². The lowest BCUT2D eigenvalue weighted by molar-refractivity contribution is -0.121. The van der Waals surface area contributed by atoms with E-state index in [9.17, 15) is 4.79 Å². The number of ether oxygens (including phenoxy) is 2. The third kappa shape index (κ3) is 4.45. The summed E-state index contributed by atoms with van der Waals surface area (Å²) in [5, 5.41) is 0.872. The molecule has 1 aliphatic heterocycles. The molecule has 33 heavy (non-hydrogen) atoms. The van der Waals surface area contributed by atoms with Gasteiger partial charge in [0.15, 0.2) is 6.61 Å². The van der Waals surface area contributed by atoms with Crippen LogP contribution in [0.2, 0.25) is 0 Å². The van der Waals surface area contributed by atoms with Gasteiger partial charge in [-0.2, -0.15) is 0 Å². The number of benzene rings is 2. The smallest absolute Gasteiger partial charge is 0.265 e. The fraction of sp³-hybridized carbons (Fsp3) is 0.192. The van der Waals surface area contributed by atoms with E-state index in [1.54, 1.807) is 22.4 Å². The summed E-state index contributed by atoms with van der Waals surface area (Å²) < 4.78 is 11.6. The van der Waals surface area contributed by atoms with Crippen LogP contribution in [0.15, 0.2) is 66.9 Å². The van der Waals surface area contributed by atoms with E-state index < -0.39 is 0 Å². The third-order valence-corrected chi connectivity index (χ3v) is 6.42. The Morgan fingerprint density at radius 1 is 1.09 bits per heavy atom. The zero-order chi connectivity index (χ0) is 22.8. The first-order chi connectivity index (χ1) is 16.1. The standard InChI is InChI=1S/C26H23N3O3S/c1-17-6-5-7-20(14-17)31-13-12-29-22-15-19(9-10-23(22)32-16-24(29)30)25-18(2)33-26(28-25)21-8-3-4-11-27-21/h3-11,14-15H,12-13,16H2,1-2H3. The molecule has 4 aromatic rings. The molecule has 0 unspecified atom stereocenters. The minimum Gasteiger partial charge on any atom is -0.492 e. The van der Waals surface area contributed by atoms with Crippen LogP contribution < -0.4 is 14.4 Å². The summed E-state index contributed by atoms with van der Waals surface area (Å²) in [6, 6.07) is 19.6. The summed E-state index contributed by atoms with van der Waals surface area (Å²) in [5.74, 6) is 1.40. The van der Waals surface area contributed by atoms with Gasteiger partial charge in [0.25, 0.3) is 5.91 Å². The van der Waals surface area contributed by atoms with E-state index in [2.05, 4.69) is 4.98 Å². The number of aromatic nitrogens is 2. The zero-order valence-corrected chi connectivity index (χ0v) is 19.3. The van der Waals surface area contributed by atoms with E-state index in [0.717, 1.165) is 43.8 Å². The molecular formula is C26H23N3O3S. The molecule has 3 heterocycles. The summed E-state index contributed by atoms with van der Waals surface area (Å²) in [6.45, 7) is 4.92. The Bertz CT molecular complexity index is 1300. The second-order valence-electron chi connectivity index (χ2n) is 7.82. The molecule has 0 saturated carbocycles. The van der Waals surface area contributed by atoms with Gasteiger partial charge in [-0.15, -0.1) is 11.3 Å². The molecule has 0 aliphatic carbocycles.